The van der Waals surface area contributed by atoms with E-state index in [9.17, 15) is 5.11 Å². The lowest BCUT2D eigenvalue weighted by molar-refractivity contribution is 0.289. The van der Waals surface area contributed by atoms with Crippen molar-refractivity contribution in [2.45, 2.75) is 64.8 Å². The summed E-state index contributed by atoms with van der Waals surface area (Å²) in [6.07, 6.45) is 6.15. The topological polar surface area (TPSA) is 75.3 Å². The van der Waals surface area contributed by atoms with Gasteiger partial charge in [-0.2, -0.15) is 0 Å². The summed E-state index contributed by atoms with van der Waals surface area (Å²) in [6.45, 7) is 6.87. The first-order chi connectivity index (χ1) is 10.0. The molecule has 5 heteroatoms. The predicted molar refractivity (Wildman–Crippen MR) is 86.6 cm³/mol. The summed E-state index contributed by atoms with van der Waals surface area (Å²) in [6, 6.07) is 0.457. The van der Waals surface area contributed by atoms with E-state index < -0.39 is 0 Å². The molecule has 1 heterocycles. The van der Waals surface area contributed by atoms with Gasteiger partial charge in [-0.05, 0) is 19.8 Å². The van der Waals surface area contributed by atoms with Crippen molar-refractivity contribution in [3.8, 4) is 0 Å². The zero-order valence-electron chi connectivity index (χ0n) is 13.5. The van der Waals surface area contributed by atoms with Crippen molar-refractivity contribution in [1.29, 1.82) is 0 Å². The van der Waals surface area contributed by atoms with Gasteiger partial charge < -0.3 is 15.7 Å². The molecule has 1 aromatic rings. The molecule has 0 unspecified atom stereocenters. The molecule has 118 valence electrons. The highest BCUT2D eigenvalue weighted by Gasteiger charge is 2.25. The lowest BCUT2D eigenvalue weighted by Gasteiger charge is -2.36. The van der Waals surface area contributed by atoms with Crippen molar-refractivity contribution in [2.75, 3.05) is 23.8 Å². The third-order valence-corrected chi connectivity index (χ3v) is 4.32. The van der Waals surface area contributed by atoms with Gasteiger partial charge in [0.25, 0.3) is 0 Å². The number of hydrogen-bond donors (Lipinski definition) is 2. The Balaban J connectivity index is 2.38. The third kappa shape index (κ3) is 3.64. The number of aromatic nitrogens is 2. The average molecular weight is 292 g/mol. The third-order valence-electron chi connectivity index (χ3n) is 4.32. The summed E-state index contributed by atoms with van der Waals surface area (Å²) in [5.41, 5.74) is 7.01. The lowest BCUT2D eigenvalue weighted by Crippen LogP contribution is -2.40. The number of aliphatic hydroxyl groups is 1. The van der Waals surface area contributed by atoms with Crippen molar-refractivity contribution < 1.29 is 5.11 Å². The Morgan fingerprint density at radius 2 is 1.90 bits per heavy atom. The van der Waals surface area contributed by atoms with Crippen LogP contribution in [-0.2, 0) is 0 Å². The molecule has 1 aliphatic carbocycles. The number of anilines is 2. The molecule has 0 amide bonds. The fourth-order valence-electron chi connectivity index (χ4n) is 3.04. The van der Waals surface area contributed by atoms with Gasteiger partial charge in [0.1, 0.15) is 17.5 Å². The smallest absolute Gasteiger partial charge is 0.137 e. The molecule has 1 saturated carbocycles. The number of nitrogens with zero attached hydrogens (tertiary/aromatic N) is 3. The summed E-state index contributed by atoms with van der Waals surface area (Å²) < 4.78 is 0. The van der Waals surface area contributed by atoms with E-state index in [0.29, 0.717) is 18.4 Å². The van der Waals surface area contributed by atoms with Gasteiger partial charge in [-0.25, -0.2) is 9.97 Å². The van der Waals surface area contributed by atoms with Gasteiger partial charge in [-0.3, -0.25) is 0 Å². The van der Waals surface area contributed by atoms with Gasteiger partial charge in [0.05, 0.1) is 6.61 Å². The van der Waals surface area contributed by atoms with Crippen molar-refractivity contribution >= 4 is 11.6 Å². The molecule has 0 spiro atoms. The Bertz CT molecular complexity index is 470. The maximum Gasteiger partial charge on any atom is 0.137 e. The van der Waals surface area contributed by atoms with Crippen molar-refractivity contribution in [2.24, 2.45) is 0 Å². The summed E-state index contributed by atoms with van der Waals surface area (Å²) >= 11 is 0. The van der Waals surface area contributed by atoms with Gasteiger partial charge in [-0.1, -0.05) is 33.1 Å². The second-order valence-electron chi connectivity index (χ2n) is 6.28. The van der Waals surface area contributed by atoms with E-state index in [2.05, 4.69) is 23.7 Å². The van der Waals surface area contributed by atoms with E-state index in [-0.39, 0.29) is 12.5 Å². The molecule has 1 fully saturated rings. The minimum Gasteiger partial charge on any atom is -0.395 e. The van der Waals surface area contributed by atoms with Crippen LogP contribution in [0.25, 0.3) is 0 Å². The second-order valence-corrected chi connectivity index (χ2v) is 6.28. The van der Waals surface area contributed by atoms with Crippen LogP contribution in [0, 0.1) is 6.92 Å². The minimum absolute atomic E-state index is 0.136. The van der Waals surface area contributed by atoms with E-state index in [1.165, 1.54) is 32.1 Å². The highest BCUT2D eigenvalue weighted by Crippen LogP contribution is 2.30. The minimum atomic E-state index is 0.136. The molecule has 0 aromatic carbocycles. The number of rotatable bonds is 5. The Morgan fingerprint density at radius 1 is 1.24 bits per heavy atom. The summed E-state index contributed by atoms with van der Waals surface area (Å²) in [5.74, 6) is 2.50. The molecule has 21 heavy (non-hydrogen) atoms. The van der Waals surface area contributed by atoms with Crippen LogP contribution in [0.2, 0.25) is 0 Å². The molecule has 0 bridgehead atoms. The molecule has 5 nitrogen and oxygen atoms in total. The van der Waals surface area contributed by atoms with E-state index in [1.807, 2.05) is 6.92 Å². The largest absolute Gasteiger partial charge is 0.395 e. The molecule has 0 radical (unpaired) electrons. The lowest BCUT2D eigenvalue weighted by atomic mass is 9.94. The monoisotopic (exact) mass is 292 g/mol. The maximum absolute atomic E-state index is 9.45. The Kier molecular flexibility index (Phi) is 5.39. The quantitative estimate of drug-likeness (QED) is 0.872. The number of nitrogen functional groups attached to an aromatic ring is 1. The van der Waals surface area contributed by atoms with Crippen LogP contribution in [0.1, 0.15) is 63.3 Å². The van der Waals surface area contributed by atoms with Gasteiger partial charge in [0, 0.05) is 24.1 Å². The van der Waals surface area contributed by atoms with Crippen molar-refractivity contribution in [3.05, 3.63) is 11.4 Å². The SMILES string of the molecule is Cc1c(N)nc(C(C)C)nc1N(CCO)C1CCCCC1. The van der Waals surface area contributed by atoms with Crippen LogP contribution in [-0.4, -0.2) is 34.3 Å². The molecule has 1 aromatic heterocycles. The van der Waals surface area contributed by atoms with E-state index in [0.717, 1.165) is 17.2 Å². The number of aliphatic hydroxyl groups excluding tert-OH is 1. The molecule has 2 rings (SSSR count). The summed E-state index contributed by atoms with van der Waals surface area (Å²) in [5, 5.41) is 9.45. The fraction of sp³-hybridized carbons (Fsp3) is 0.750. The van der Waals surface area contributed by atoms with Crippen molar-refractivity contribution in [1.82, 2.24) is 9.97 Å². The fourth-order valence-corrected chi connectivity index (χ4v) is 3.04. The maximum atomic E-state index is 9.45. The van der Waals surface area contributed by atoms with E-state index in [1.54, 1.807) is 0 Å². The van der Waals surface area contributed by atoms with Gasteiger partial charge in [0.15, 0.2) is 0 Å². The van der Waals surface area contributed by atoms with Crippen LogP contribution >= 0.6 is 0 Å². The van der Waals surface area contributed by atoms with Crippen LogP contribution in [0.4, 0.5) is 11.6 Å². The molecule has 0 saturated heterocycles. The van der Waals surface area contributed by atoms with E-state index >= 15 is 0 Å². The Morgan fingerprint density at radius 3 is 2.48 bits per heavy atom. The molecule has 1 aliphatic rings. The molecular formula is C16H28N4O. The summed E-state index contributed by atoms with van der Waals surface area (Å²) in [7, 11) is 0. The average Bonchev–Trinajstić information content (AvgIpc) is 2.48. The van der Waals surface area contributed by atoms with Crippen LogP contribution in [0.3, 0.4) is 0 Å². The Labute approximate surface area is 127 Å². The van der Waals surface area contributed by atoms with Gasteiger partial charge in [0.2, 0.25) is 0 Å². The van der Waals surface area contributed by atoms with E-state index in [4.69, 9.17) is 10.7 Å². The van der Waals surface area contributed by atoms with Crippen molar-refractivity contribution in [3.63, 3.8) is 0 Å². The second kappa shape index (κ2) is 7.07. The predicted octanol–water partition coefficient (Wildman–Crippen LogP) is 2.62. The zero-order valence-corrected chi connectivity index (χ0v) is 13.5. The van der Waals surface area contributed by atoms with Crippen LogP contribution < -0.4 is 10.6 Å². The zero-order chi connectivity index (χ0) is 15.4. The molecule has 0 aliphatic heterocycles. The number of hydrogen-bond acceptors (Lipinski definition) is 5. The first kappa shape index (κ1) is 16.0. The summed E-state index contributed by atoms with van der Waals surface area (Å²) in [4.78, 5) is 11.4. The first-order valence-corrected chi connectivity index (χ1v) is 8.06. The van der Waals surface area contributed by atoms with Gasteiger partial charge >= 0.3 is 0 Å². The highest BCUT2D eigenvalue weighted by atomic mass is 16.3. The molecular weight excluding hydrogens is 264 g/mol. The molecule has 0 atom stereocenters. The highest BCUT2D eigenvalue weighted by molar-refractivity contribution is 5.57. The standard InChI is InChI=1S/C16H28N4O/c1-11(2)15-18-14(17)12(3)16(19-15)20(9-10-21)13-7-5-4-6-8-13/h11,13,21H,4-10H2,1-3H3,(H2,17,18,19). The van der Waals surface area contributed by atoms with Crippen LogP contribution in [0.15, 0.2) is 0 Å². The van der Waals surface area contributed by atoms with Crippen LogP contribution in [0.5, 0.6) is 0 Å². The normalized spacial score (nSPS) is 16.4. The number of nitrogens with two attached hydrogens (primary N) is 1. The molecule has 3 N–H and O–H groups in total. The first-order valence-electron chi connectivity index (χ1n) is 8.06. The Hall–Kier alpha value is -1.36. The van der Waals surface area contributed by atoms with Gasteiger partial charge in [-0.15, -0.1) is 0 Å².